The number of fused-ring (bicyclic) bond motifs is 3. The molecular formula is C17H17N3O. The number of terminal acetylenes is 1. The summed E-state index contributed by atoms with van der Waals surface area (Å²) in [6.07, 6.45) is 11.5. The van der Waals surface area contributed by atoms with Gasteiger partial charge in [-0.2, -0.15) is 0 Å². The van der Waals surface area contributed by atoms with E-state index in [9.17, 15) is 4.79 Å². The Kier molecular flexibility index (Phi) is 2.76. The number of carbonyl (C=O) groups excluding carboxylic acids is 1. The van der Waals surface area contributed by atoms with E-state index >= 15 is 0 Å². The standard InChI is InChI=1S/C17H17N3O/c1-2-11-5-14-8-13(3-4-20(14)10-11)17(21)19-16-7-12-6-15(16)18-9-12/h1,3-5,8,10,12,15-16,18H,6-7,9H2,(H,19,21). The monoisotopic (exact) mass is 279 g/mol. The van der Waals surface area contributed by atoms with Crippen molar-refractivity contribution in [3.8, 4) is 12.3 Å². The molecule has 0 aromatic carbocycles. The molecule has 0 radical (unpaired) electrons. The minimum Gasteiger partial charge on any atom is -0.348 e. The summed E-state index contributed by atoms with van der Waals surface area (Å²) in [4.78, 5) is 12.4. The molecule has 2 aromatic heterocycles. The molecule has 2 aliphatic rings. The van der Waals surface area contributed by atoms with Crippen molar-refractivity contribution in [1.82, 2.24) is 15.0 Å². The molecule has 106 valence electrons. The molecule has 2 bridgehead atoms. The smallest absolute Gasteiger partial charge is 0.251 e. The van der Waals surface area contributed by atoms with Crippen LogP contribution in [0.5, 0.6) is 0 Å². The van der Waals surface area contributed by atoms with Crippen molar-refractivity contribution in [1.29, 1.82) is 0 Å². The van der Waals surface area contributed by atoms with Crippen LogP contribution in [-0.2, 0) is 0 Å². The van der Waals surface area contributed by atoms with Crippen LogP contribution in [0.15, 0.2) is 30.6 Å². The van der Waals surface area contributed by atoms with Crippen LogP contribution in [0.3, 0.4) is 0 Å². The van der Waals surface area contributed by atoms with E-state index in [1.807, 2.05) is 35.0 Å². The second kappa shape index (κ2) is 4.64. The minimum absolute atomic E-state index is 0.000285. The number of aromatic nitrogens is 1. The lowest BCUT2D eigenvalue weighted by Gasteiger charge is -2.24. The Morgan fingerprint density at radius 3 is 3.05 bits per heavy atom. The topological polar surface area (TPSA) is 45.5 Å². The number of piperidine rings is 1. The third-order valence-corrected chi connectivity index (χ3v) is 4.67. The van der Waals surface area contributed by atoms with E-state index in [2.05, 4.69) is 16.6 Å². The maximum Gasteiger partial charge on any atom is 0.251 e. The highest BCUT2D eigenvalue weighted by Crippen LogP contribution is 2.31. The van der Waals surface area contributed by atoms with Crippen LogP contribution < -0.4 is 10.6 Å². The first kappa shape index (κ1) is 12.5. The van der Waals surface area contributed by atoms with Crippen molar-refractivity contribution in [2.24, 2.45) is 5.92 Å². The van der Waals surface area contributed by atoms with Crippen molar-refractivity contribution in [2.75, 3.05) is 6.54 Å². The highest BCUT2D eigenvalue weighted by molar-refractivity contribution is 5.95. The largest absolute Gasteiger partial charge is 0.348 e. The van der Waals surface area contributed by atoms with Crippen LogP contribution in [0.4, 0.5) is 0 Å². The van der Waals surface area contributed by atoms with Gasteiger partial charge in [-0.25, -0.2) is 0 Å². The van der Waals surface area contributed by atoms with Gasteiger partial charge < -0.3 is 15.0 Å². The Morgan fingerprint density at radius 2 is 2.33 bits per heavy atom. The number of rotatable bonds is 2. The number of amides is 1. The first-order chi connectivity index (χ1) is 10.2. The predicted molar refractivity (Wildman–Crippen MR) is 81.1 cm³/mol. The molecule has 3 unspecified atom stereocenters. The molecule has 3 atom stereocenters. The van der Waals surface area contributed by atoms with Gasteiger partial charge in [0.25, 0.3) is 5.91 Å². The molecule has 3 heterocycles. The van der Waals surface area contributed by atoms with Gasteiger partial charge in [0.15, 0.2) is 0 Å². The summed E-state index contributed by atoms with van der Waals surface area (Å²) >= 11 is 0. The van der Waals surface area contributed by atoms with Crippen LogP contribution >= 0.6 is 0 Å². The van der Waals surface area contributed by atoms with Gasteiger partial charge in [0.05, 0.1) is 0 Å². The number of hydrogen-bond donors (Lipinski definition) is 2. The lowest BCUT2D eigenvalue weighted by atomic mass is 10.1. The summed E-state index contributed by atoms with van der Waals surface area (Å²) in [5.74, 6) is 3.34. The fourth-order valence-electron chi connectivity index (χ4n) is 3.59. The van der Waals surface area contributed by atoms with Crippen molar-refractivity contribution in [3.63, 3.8) is 0 Å². The summed E-state index contributed by atoms with van der Waals surface area (Å²) in [7, 11) is 0. The second-order valence-corrected chi connectivity index (χ2v) is 6.05. The average molecular weight is 279 g/mol. The van der Waals surface area contributed by atoms with Crippen LogP contribution in [-0.4, -0.2) is 28.9 Å². The van der Waals surface area contributed by atoms with Gasteiger partial charge in [0.2, 0.25) is 0 Å². The number of pyridine rings is 1. The van der Waals surface area contributed by atoms with Crippen LogP contribution in [0.1, 0.15) is 28.8 Å². The maximum atomic E-state index is 12.4. The predicted octanol–water partition coefficient (Wildman–Crippen LogP) is 1.40. The lowest BCUT2D eigenvalue weighted by molar-refractivity contribution is 0.0928. The molecule has 1 aliphatic carbocycles. The Bertz CT molecular complexity index is 755. The lowest BCUT2D eigenvalue weighted by Crippen LogP contribution is -2.47. The summed E-state index contributed by atoms with van der Waals surface area (Å²) in [5, 5.41) is 6.62. The van der Waals surface area contributed by atoms with Crippen molar-refractivity contribution < 1.29 is 4.79 Å². The molecule has 1 aliphatic heterocycles. The molecule has 4 nitrogen and oxygen atoms in total. The summed E-state index contributed by atoms with van der Waals surface area (Å²) < 4.78 is 1.94. The molecule has 2 aromatic rings. The summed E-state index contributed by atoms with van der Waals surface area (Å²) in [6.45, 7) is 1.10. The van der Waals surface area contributed by atoms with E-state index in [0.29, 0.717) is 11.6 Å². The molecule has 2 N–H and O–H groups in total. The number of hydrogen-bond acceptors (Lipinski definition) is 2. The molecule has 1 saturated carbocycles. The molecular weight excluding hydrogens is 262 g/mol. The van der Waals surface area contributed by atoms with Gasteiger partial charge in [-0.3, -0.25) is 4.79 Å². The number of nitrogens with zero attached hydrogens (tertiary/aromatic N) is 1. The van der Waals surface area contributed by atoms with Gasteiger partial charge in [-0.15, -0.1) is 6.42 Å². The SMILES string of the molecule is C#Cc1cc2cc(C(=O)NC3CC4CNC3C4)ccn2c1. The van der Waals surface area contributed by atoms with Gasteiger partial charge in [0.1, 0.15) is 0 Å². The van der Waals surface area contributed by atoms with Crippen molar-refractivity contribution in [2.45, 2.75) is 24.9 Å². The molecule has 4 rings (SSSR count). The van der Waals surface area contributed by atoms with Gasteiger partial charge in [-0.05, 0) is 43.5 Å². The van der Waals surface area contributed by atoms with E-state index in [-0.39, 0.29) is 11.9 Å². The fourth-order valence-corrected chi connectivity index (χ4v) is 3.59. The first-order valence-electron chi connectivity index (χ1n) is 7.35. The molecule has 1 amide bonds. The van der Waals surface area contributed by atoms with E-state index in [1.165, 1.54) is 6.42 Å². The highest BCUT2D eigenvalue weighted by Gasteiger charge is 2.39. The molecule has 2 fully saturated rings. The zero-order chi connectivity index (χ0) is 14.4. The Balaban J connectivity index is 1.55. The van der Waals surface area contributed by atoms with Gasteiger partial charge >= 0.3 is 0 Å². The maximum absolute atomic E-state index is 12.4. The van der Waals surface area contributed by atoms with Crippen LogP contribution in [0.25, 0.3) is 5.52 Å². The van der Waals surface area contributed by atoms with Crippen LogP contribution in [0, 0.1) is 18.3 Å². The zero-order valence-electron chi connectivity index (χ0n) is 11.7. The van der Waals surface area contributed by atoms with E-state index in [4.69, 9.17) is 6.42 Å². The van der Waals surface area contributed by atoms with Crippen molar-refractivity contribution in [3.05, 3.63) is 41.7 Å². The third kappa shape index (κ3) is 2.10. The van der Waals surface area contributed by atoms with Gasteiger partial charge in [-0.1, -0.05) is 5.92 Å². The molecule has 0 spiro atoms. The zero-order valence-corrected chi connectivity index (χ0v) is 11.7. The summed E-state index contributed by atoms with van der Waals surface area (Å²) in [6, 6.07) is 6.35. The average Bonchev–Trinajstić information content (AvgIpc) is 3.20. The van der Waals surface area contributed by atoms with E-state index in [0.717, 1.165) is 30.0 Å². The van der Waals surface area contributed by atoms with E-state index in [1.54, 1.807) is 0 Å². The quantitative estimate of drug-likeness (QED) is 0.816. The highest BCUT2D eigenvalue weighted by atomic mass is 16.1. The molecule has 1 saturated heterocycles. The molecule has 21 heavy (non-hydrogen) atoms. The fraction of sp³-hybridized carbons (Fsp3) is 0.353. The Hall–Kier alpha value is -2.25. The normalized spacial score (nSPS) is 26.9. The third-order valence-electron chi connectivity index (χ3n) is 4.67. The Morgan fingerprint density at radius 1 is 1.43 bits per heavy atom. The number of carbonyl (C=O) groups is 1. The van der Waals surface area contributed by atoms with Crippen LogP contribution in [0.2, 0.25) is 0 Å². The van der Waals surface area contributed by atoms with Gasteiger partial charge in [0, 0.05) is 41.1 Å². The second-order valence-electron chi connectivity index (χ2n) is 6.05. The summed E-state index contributed by atoms with van der Waals surface area (Å²) in [5.41, 5.74) is 2.46. The first-order valence-corrected chi connectivity index (χ1v) is 7.35. The van der Waals surface area contributed by atoms with E-state index < -0.39 is 0 Å². The minimum atomic E-state index is 0.000285. The number of nitrogens with one attached hydrogen (secondary N) is 2. The van der Waals surface area contributed by atoms with Crippen molar-refractivity contribution >= 4 is 11.4 Å². The Labute approximate surface area is 123 Å². The molecule has 4 heteroatoms.